The van der Waals surface area contributed by atoms with E-state index in [2.05, 4.69) is 70.2 Å². The highest BCUT2D eigenvalue weighted by Gasteiger charge is 2.21. The number of aryl methyl sites for hydroxylation is 1. The summed E-state index contributed by atoms with van der Waals surface area (Å²) in [5, 5.41) is 5.67. The third-order valence-electron chi connectivity index (χ3n) is 6.21. The van der Waals surface area contributed by atoms with Crippen molar-refractivity contribution in [1.82, 2.24) is 4.98 Å². The van der Waals surface area contributed by atoms with Gasteiger partial charge in [-0.3, -0.25) is 4.98 Å². The van der Waals surface area contributed by atoms with Crippen LogP contribution in [0.3, 0.4) is 0 Å². The smallest absolute Gasteiger partial charge is 0.146 e. The van der Waals surface area contributed by atoms with E-state index in [9.17, 15) is 0 Å². The molecular formula is C28H23NO2. The zero-order valence-electron chi connectivity index (χ0n) is 18.1. The number of hydrogen-bond acceptors (Lipinski definition) is 3. The molecule has 6 aromatic rings. The van der Waals surface area contributed by atoms with Gasteiger partial charge in [0.1, 0.15) is 16.7 Å². The van der Waals surface area contributed by atoms with Crippen LogP contribution in [0.2, 0.25) is 0 Å². The lowest BCUT2D eigenvalue weighted by Gasteiger charge is -2.22. The fourth-order valence-electron chi connectivity index (χ4n) is 4.74. The lowest BCUT2D eigenvalue weighted by Crippen LogP contribution is -2.12. The SMILES string of the molecule is Cc1coc2ccc3c(oc4ccnc(-c5cc(C(C)(C)C)c6ccccc6c5)c43)c12. The molecule has 0 aliphatic rings. The molecule has 3 aromatic carbocycles. The van der Waals surface area contributed by atoms with Crippen molar-refractivity contribution in [1.29, 1.82) is 0 Å². The van der Waals surface area contributed by atoms with E-state index >= 15 is 0 Å². The normalized spacial score (nSPS) is 12.5. The summed E-state index contributed by atoms with van der Waals surface area (Å²) in [7, 11) is 0. The Morgan fingerprint density at radius 2 is 1.68 bits per heavy atom. The first kappa shape index (κ1) is 18.2. The first-order valence-electron chi connectivity index (χ1n) is 10.6. The number of hydrogen-bond donors (Lipinski definition) is 0. The molecule has 0 radical (unpaired) electrons. The van der Waals surface area contributed by atoms with Gasteiger partial charge in [-0.15, -0.1) is 0 Å². The monoisotopic (exact) mass is 405 g/mol. The Morgan fingerprint density at radius 1 is 0.839 bits per heavy atom. The van der Waals surface area contributed by atoms with Gasteiger partial charge in [0, 0.05) is 17.1 Å². The number of furan rings is 2. The molecule has 0 N–H and O–H groups in total. The first-order chi connectivity index (χ1) is 14.9. The van der Waals surface area contributed by atoms with Crippen molar-refractivity contribution in [2.75, 3.05) is 0 Å². The molecule has 3 heterocycles. The maximum absolute atomic E-state index is 6.35. The second-order valence-corrected chi connectivity index (χ2v) is 9.36. The summed E-state index contributed by atoms with van der Waals surface area (Å²) < 4.78 is 12.0. The van der Waals surface area contributed by atoms with E-state index in [-0.39, 0.29) is 5.41 Å². The Balaban J connectivity index is 1.73. The van der Waals surface area contributed by atoms with E-state index in [0.29, 0.717) is 0 Å². The third-order valence-corrected chi connectivity index (χ3v) is 6.21. The summed E-state index contributed by atoms with van der Waals surface area (Å²) in [5.74, 6) is 0. The van der Waals surface area contributed by atoms with Crippen LogP contribution >= 0.6 is 0 Å². The average Bonchev–Trinajstić information content (AvgIpc) is 3.32. The first-order valence-corrected chi connectivity index (χ1v) is 10.6. The van der Waals surface area contributed by atoms with Crippen molar-refractivity contribution in [3.8, 4) is 11.3 Å². The van der Waals surface area contributed by atoms with Crippen molar-refractivity contribution in [3.63, 3.8) is 0 Å². The number of nitrogens with zero attached hydrogens (tertiary/aromatic N) is 1. The molecule has 0 unspecified atom stereocenters. The highest BCUT2D eigenvalue weighted by molar-refractivity contribution is 6.18. The van der Waals surface area contributed by atoms with Crippen LogP contribution in [-0.4, -0.2) is 4.98 Å². The predicted molar refractivity (Wildman–Crippen MR) is 128 cm³/mol. The maximum atomic E-state index is 6.35. The van der Waals surface area contributed by atoms with E-state index in [4.69, 9.17) is 13.8 Å². The average molecular weight is 405 g/mol. The van der Waals surface area contributed by atoms with E-state index < -0.39 is 0 Å². The van der Waals surface area contributed by atoms with E-state index in [1.54, 1.807) is 6.26 Å². The topological polar surface area (TPSA) is 39.2 Å². The molecule has 6 rings (SSSR count). The minimum Gasteiger partial charge on any atom is -0.464 e. The van der Waals surface area contributed by atoms with Gasteiger partial charge < -0.3 is 8.83 Å². The van der Waals surface area contributed by atoms with Crippen molar-refractivity contribution in [3.05, 3.63) is 78.2 Å². The van der Waals surface area contributed by atoms with Crippen LogP contribution in [0.25, 0.3) is 54.9 Å². The number of benzene rings is 3. The molecular weight excluding hydrogens is 382 g/mol. The molecule has 0 saturated carbocycles. The van der Waals surface area contributed by atoms with Gasteiger partial charge in [0.15, 0.2) is 0 Å². The Bertz CT molecular complexity index is 1630. The molecule has 3 nitrogen and oxygen atoms in total. The Hall–Kier alpha value is -3.59. The molecule has 0 atom stereocenters. The van der Waals surface area contributed by atoms with Crippen molar-refractivity contribution in [2.45, 2.75) is 33.1 Å². The number of pyridine rings is 1. The van der Waals surface area contributed by atoms with E-state index in [0.717, 1.165) is 49.7 Å². The molecule has 0 aliphatic carbocycles. The summed E-state index contributed by atoms with van der Waals surface area (Å²) in [6, 6.07) is 19.2. The van der Waals surface area contributed by atoms with Gasteiger partial charge in [-0.05, 0) is 64.6 Å². The van der Waals surface area contributed by atoms with Gasteiger partial charge in [0.05, 0.1) is 22.7 Å². The van der Waals surface area contributed by atoms with E-state index in [1.807, 2.05) is 18.3 Å². The molecule has 0 bridgehead atoms. The Kier molecular flexibility index (Phi) is 3.64. The van der Waals surface area contributed by atoms with Crippen LogP contribution in [0.1, 0.15) is 31.9 Å². The highest BCUT2D eigenvalue weighted by Crippen LogP contribution is 2.41. The number of aromatic nitrogens is 1. The molecule has 0 saturated heterocycles. The minimum absolute atomic E-state index is 0.0159. The van der Waals surface area contributed by atoms with Crippen molar-refractivity contribution >= 4 is 43.7 Å². The third kappa shape index (κ3) is 2.63. The standard InChI is InChI=1S/C28H23NO2/c1-16-15-30-22-10-9-20-25-23(31-27(20)24(16)22)11-12-29-26(25)18-13-17-7-5-6-8-19(17)21(14-18)28(2,3)4/h5-15H,1-4H3. The summed E-state index contributed by atoms with van der Waals surface area (Å²) >= 11 is 0. The van der Waals surface area contributed by atoms with Gasteiger partial charge in [-0.25, -0.2) is 0 Å². The minimum atomic E-state index is 0.0159. The lowest BCUT2D eigenvalue weighted by atomic mass is 9.82. The van der Waals surface area contributed by atoms with Gasteiger partial charge in [0.2, 0.25) is 0 Å². The van der Waals surface area contributed by atoms with Gasteiger partial charge in [0.25, 0.3) is 0 Å². The van der Waals surface area contributed by atoms with Crippen LogP contribution in [-0.2, 0) is 5.41 Å². The van der Waals surface area contributed by atoms with Crippen LogP contribution in [0, 0.1) is 6.92 Å². The zero-order valence-corrected chi connectivity index (χ0v) is 18.1. The van der Waals surface area contributed by atoms with Gasteiger partial charge >= 0.3 is 0 Å². The van der Waals surface area contributed by atoms with Crippen molar-refractivity contribution in [2.24, 2.45) is 0 Å². The van der Waals surface area contributed by atoms with Crippen LogP contribution in [0.4, 0.5) is 0 Å². The zero-order chi connectivity index (χ0) is 21.3. The van der Waals surface area contributed by atoms with Crippen LogP contribution in [0.15, 0.2) is 75.9 Å². The Morgan fingerprint density at radius 3 is 2.52 bits per heavy atom. The molecule has 0 spiro atoms. The molecule has 0 aliphatic heterocycles. The van der Waals surface area contributed by atoms with Gasteiger partial charge in [-0.2, -0.15) is 0 Å². The largest absolute Gasteiger partial charge is 0.464 e. The molecule has 152 valence electrons. The second-order valence-electron chi connectivity index (χ2n) is 9.36. The van der Waals surface area contributed by atoms with E-state index in [1.165, 1.54) is 16.3 Å². The lowest BCUT2D eigenvalue weighted by molar-refractivity contribution is 0.596. The van der Waals surface area contributed by atoms with Gasteiger partial charge in [-0.1, -0.05) is 45.0 Å². The quantitative estimate of drug-likeness (QED) is 0.277. The molecule has 0 amide bonds. The molecule has 31 heavy (non-hydrogen) atoms. The molecule has 0 fully saturated rings. The predicted octanol–water partition coefficient (Wildman–Crippen LogP) is 8.15. The second kappa shape index (κ2) is 6.21. The molecule has 3 aromatic heterocycles. The Labute approximate surface area is 180 Å². The number of fused-ring (bicyclic) bond motifs is 6. The van der Waals surface area contributed by atoms with Crippen LogP contribution < -0.4 is 0 Å². The maximum Gasteiger partial charge on any atom is 0.146 e. The summed E-state index contributed by atoms with van der Waals surface area (Å²) in [5.41, 5.74) is 7.04. The molecule has 3 heteroatoms. The summed E-state index contributed by atoms with van der Waals surface area (Å²) in [4.78, 5) is 4.84. The number of rotatable bonds is 1. The fourth-order valence-corrected chi connectivity index (χ4v) is 4.74. The highest BCUT2D eigenvalue weighted by atomic mass is 16.3. The fraction of sp³-hybridized carbons (Fsp3) is 0.179. The summed E-state index contributed by atoms with van der Waals surface area (Å²) in [6.45, 7) is 8.84. The van der Waals surface area contributed by atoms with Crippen LogP contribution in [0.5, 0.6) is 0 Å². The summed E-state index contributed by atoms with van der Waals surface area (Å²) in [6.07, 6.45) is 3.63. The van der Waals surface area contributed by atoms with Crippen molar-refractivity contribution < 1.29 is 8.83 Å².